The van der Waals surface area contributed by atoms with E-state index in [2.05, 4.69) is 15.9 Å². The molecule has 2 fully saturated rings. The van der Waals surface area contributed by atoms with Gasteiger partial charge in [0, 0.05) is 12.1 Å². The smallest absolute Gasteiger partial charge is 0.411 e. The zero-order valence-corrected chi connectivity index (χ0v) is 17.3. The molecule has 29 heavy (non-hydrogen) atoms. The van der Waals surface area contributed by atoms with Crippen molar-refractivity contribution in [2.24, 2.45) is 5.92 Å². The van der Waals surface area contributed by atoms with Gasteiger partial charge in [0.2, 0.25) is 0 Å². The minimum Gasteiger partial charge on any atom is -0.445 e. The van der Waals surface area contributed by atoms with Gasteiger partial charge in [-0.15, -0.1) is 0 Å². The van der Waals surface area contributed by atoms with Gasteiger partial charge in [0.25, 0.3) is 0 Å². The van der Waals surface area contributed by atoms with E-state index in [1.54, 1.807) is 0 Å². The number of carbonyl (C=O) groups is 1. The Kier molecular flexibility index (Phi) is 4.67. The summed E-state index contributed by atoms with van der Waals surface area (Å²) in [5.74, 6) is 1.06. The summed E-state index contributed by atoms with van der Waals surface area (Å²) in [6.45, 7) is 1.41. The minimum atomic E-state index is -0.339. The molecule has 1 aromatic carbocycles. The molecule has 2 saturated heterocycles. The standard InChI is InChI=1S/C21H21BrN4O3/c22-19-18-15(23)7-4-8-25(18)20(24-19)16-9-14-11-28-12-17(14)26(16)21(27)29-10-13-5-2-1-3-6-13/h1-8,14,16-17H,9-12,23H2/t14-,16-,17+/m0/s1. The van der Waals surface area contributed by atoms with Gasteiger partial charge >= 0.3 is 6.09 Å². The molecule has 1 amide bonds. The topological polar surface area (TPSA) is 82.1 Å². The molecule has 4 heterocycles. The van der Waals surface area contributed by atoms with Crippen molar-refractivity contribution in [2.75, 3.05) is 18.9 Å². The normalized spacial score (nSPS) is 23.5. The van der Waals surface area contributed by atoms with Crippen molar-refractivity contribution in [3.05, 3.63) is 64.7 Å². The lowest BCUT2D eigenvalue weighted by Crippen LogP contribution is -2.40. The number of likely N-dealkylation sites (tertiary alicyclic amines) is 1. The number of nitrogens with zero attached hydrogens (tertiary/aromatic N) is 3. The Morgan fingerprint density at radius 2 is 2.07 bits per heavy atom. The molecule has 0 bridgehead atoms. The summed E-state index contributed by atoms with van der Waals surface area (Å²) >= 11 is 3.52. The SMILES string of the molecule is Nc1cccn2c([C@@H]3C[C@H]4COC[C@H]4N3C(=O)OCc3ccccc3)nc(Br)c12. The number of benzene rings is 1. The summed E-state index contributed by atoms with van der Waals surface area (Å²) in [6.07, 6.45) is 2.37. The first kappa shape index (κ1) is 18.4. The highest BCUT2D eigenvalue weighted by Crippen LogP contribution is 2.44. The van der Waals surface area contributed by atoms with Crippen LogP contribution in [0.15, 0.2) is 53.3 Å². The van der Waals surface area contributed by atoms with E-state index >= 15 is 0 Å². The molecule has 3 atom stereocenters. The number of nitrogen functional groups attached to an aromatic ring is 1. The van der Waals surface area contributed by atoms with Gasteiger partial charge in [-0.05, 0) is 40.0 Å². The number of fused-ring (bicyclic) bond motifs is 2. The third kappa shape index (κ3) is 3.16. The summed E-state index contributed by atoms with van der Waals surface area (Å²) in [4.78, 5) is 19.7. The number of nitrogens with two attached hydrogens (primary N) is 1. The summed E-state index contributed by atoms with van der Waals surface area (Å²) in [6, 6.07) is 13.2. The molecule has 0 radical (unpaired) electrons. The number of pyridine rings is 1. The van der Waals surface area contributed by atoms with E-state index in [9.17, 15) is 4.79 Å². The third-order valence-electron chi connectivity index (χ3n) is 5.78. The number of hydrogen-bond acceptors (Lipinski definition) is 5. The average Bonchev–Trinajstić information content (AvgIpc) is 3.40. The predicted molar refractivity (Wildman–Crippen MR) is 111 cm³/mol. The fraction of sp³-hybridized carbons (Fsp3) is 0.333. The number of aromatic nitrogens is 2. The zero-order chi connectivity index (χ0) is 20.0. The number of halogens is 1. The number of imidazole rings is 1. The monoisotopic (exact) mass is 456 g/mol. The van der Waals surface area contributed by atoms with Crippen LogP contribution in [-0.4, -0.2) is 39.6 Å². The molecule has 3 aromatic rings. The second-order valence-electron chi connectivity index (χ2n) is 7.51. The Labute approximate surface area is 176 Å². The molecule has 2 aromatic heterocycles. The summed E-state index contributed by atoms with van der Waals surface area (Å²) in [7, 11) is 0. The van der Waals surface area contributed by atoms with Gasteiger partial charge in [-0.2, -0.15) is 0 Å². The summed E-state index contributed by atoms with van der Waals surface area (Å²) < 4.78 is 14.0. The van der Waals surface area contributed by atoms with Crippen LogP contribution in [0.5, 0.6) is 0 Å². The van der Waals surface area contributed by atoms with E-state index in [1.165, 1.54) is 0 Å². The van der Waals surface area contributed by atoms with E-state index in [0.717, 1.165) is 23.3 Å². The van der Waals surface area contributed by atoms with Crippen molar-refractivity contribution in [1.82, 2.24) is 14.3 Å². The van der Waals surface area contributed by atoms with Crippen LogP contribution in [0.3, 0.4) is 0 Å². The molecule has 2 aliphatic heterocycles. The van der Waals surface area contributed by atoms with Crippen LogP contribution < -0.4 is 5.73 Å². The fourth-order valence-corrected chi connectivity index (χ4v) is 5.02. The van der Waals surface area contributed by atoms with Crippen molar-refractivity contribution >= 4 is 33.2 Å². The van der Waals surface area contributed by atoms with Crippen LogP contribution >= 0.6 is 15.9 Å². The quantitative estimate of drug-likeness (QED) is 0.648. The van der Waals surface area contributed by atoms with Crippen molar-refractivity contribution in [3.63, 3.8) is 0 Å². The lowest BCUT2D eigenvalue weighted by molar-refractivity contribution is 0.0653. The van der Waals surface area contributed by atoms with Gasteiger partial charge < -0.3 is 15.2 Å². The minimum absolute atomic E-state index is 0.00421. The van der Waals surface area contributed by atoms with Crippen molar-refractivity contribution in [3.8, 4) is 0 Å². The fourth-order valence-electron chi connectivity index (χ4n) is 4.41. The molecule has 8 heteroatoms. The second-order valence-corrected chi connectivity index (χ2v) is 8.26. The van der Waals surface area contributed by atoms with E-state index < -0.39 is 0 Å². The van der Waals surface area contributed by atoms with Crippen LogP contribution in [0.4, 0.5) is 10.5 Å². The molecule has 2 aliphatic rings. The van der Waals surface area contributed by atoms with Crippen LogP contribution in [0, 0.1) is 5.92 Å². The number of rotatable bonds is 3. The van der Waals surface area contributed by atoms with Gasteiger partial charge in [-0.1, -0.05) is 30.3 Å². The predicted octanol–water partition coefficient (Wildman–Crippen LogP) is 3.78. The van der Waals surface area contributed by atoms with Crippen molar-refractivity contribution < 1.29 is 14.3 Å². The molecule has 2 N–H and O–H groups in total. The summed E-state index contributed by atoms with van der Waals surface area (Å²) in [5.41, 5.74) is 8.56. The Morgan fingerprint density at radius 1 is 1.24 bits per heavy atom. The number of hydrogen-bond donors (Lipinski definition) is 1. The highest BCUT2D eigenvalue weighted by atomic mass is 79.9. The maximum absolute atomic E-state index is 13.1. The molecular formula is C21H21BrN4O3. The van der Waals surface area contributed by atoms with E-state index in [4.69, 9.17) is 20.2 Å². The lowest BCUT2D eigenvalue weighted by Gasteiger charge is -2.28. The van der Waals surface area contributed by atoms with Crippen LogP contribution in [0.25, 0.3) is 5.52 Å². The molecule has 7 nitrogen and oxygen atoms in total. The van der Waals surface area contributed by atoms with Gasteiger partial charge in [-0.3, -0.25) is 9.30 Å². The van der Waals surface area contributed by atoms with Crippen LogP contribution in [-0.2, 0) is 16.1 Å². The average molecular weight is 457 g/mol. The number of amides is 1. The van der Waals surface area contributed by atoms with Crippen molar-refractivity contribution in [1.29, 1.82) is 0 Å². The number of ether oxygens (including phenoxy) is 2. The largest absolute Gasteiger partial charge is 0.445 e. The Hall–Kier alpha value is -2.58. The highest BCUT2D eigenvalue weighted by Gasteiger charge is 2.49. The first-order valence-corrected chi connectivity index (χ1v) is 10.4. The first-order chi connectivity index (χ1) is 14.1. The van der Waals surface area contributed by atoms with Gasteiger partial charge in [-0.25, -0.2) is 9.78 Å². The highest BCUT2D eigenvalue weighted by molar-refractivity contribution is 9.10. The maximum atomic E-state index is 13.1. The molecule has 150 valence electrons. The maximum Gasteiger partial charge on any atom is 0.411 e. The summed E-state index contributed by atoms with van der Waals surface area (Å²) in [5, 5.41) is 0. The van der Waals surface area contributed by atoms with Gasteiger partial charge in [0.15, 0.2) is 0 Å². The van der Waals surface area contributed by atoms with Crippen molar-refractivity contribution in [2.45, 2.75) is 25.1 Å². The van der Waals surface area contributed by atoms with E-state index in [-0.39, 0.29) is 30.7 Å². The molecule has 0 aliphatic carbocycles. The second kappa shape index (κ2) is 7.35. The third-order valence-corrected chi connectivity index (χ3v) is 6.33. The molecule has 0 saturated carbocycles. The van der Waals surface area contributed by atoms with Gasteiger partial charge in [0.1, 0.15) is 22.6 Å². The lowest BCUT2D eigenvalue weighted by atomic mass is 10.0. The molecule has 5 rings (SSSR count). The Balaban J connectivity index is 1.47. The Morgan fingerprint density at radius 3 is 2.90 bits per heavy atom. The van der Waals surface area contributed by atoms with Crippen LogP contribution in [0.2, 0.25) is 0 Å². The van der Waals surface area contributed by atoms with E-state index in [0.29, 0.717) is 23.5 Å². The zero-order valence-electron chi connectivity index (χ0n) is 15.7. The molecule has 0 spiro atoms. The number of carbonyl (C=O) groups excluding carboxylic acids is 1. The number of anilines is 1. The van der Waals surface area contributed by atoms with Crippen LogP contribution in [0.1, 0.15) is 23.9 Å². The van der Waals surface area contributed by atoms with Gasteiger partial charge in [0.05, 0.1) is 31.0 Å². The molecular weight excluding hydrogens is 436 g/mol. The first-order valence-electron chi connectivity index (χ1n) is 9.62. The molecule has 0 unspecified atom stereocenters. The van der Waals surface area contributed by atoms with E-state index in [1.807, 2.05) is 58.0 Å². The Bertz CT molecular complexity index is 1050.